The summed E-state index contributed by atoms with van der Waals surface area (Å²) in [5.41, 5.74) is 6.93. The molecule has 0 spiro atoms. The molecule has 1 aromatic rings. The molecule has 0 radical (unpaired) electrons. The zero-order valence-electron chi connectivity index (χ0n) is 13.4. The smallest absolute Gasteiger partial charge is 0.399 e. The quantitative estimate of drug-likeness (QED) is 0.382. The number of benzene rings is 1. The number of amidine groups is 1. The molecule has 1 aliphatic rings. The SMILES string of the molecule is CC1(C)OB(c2ccc(N=C(N)CCl)c(CO)c2)OC1(C)C. The first-order chi connectivity index (χ1) is 10.2. The molecule has 120 valence electrons. The standard InChI is InChI=1S/C15H22BClN2O3/c1-14(2)15(3,4)22-16(21-14)11-5-6-12(10(7-11)9-20)19-13(18)8-17/h5-7,20H,8-9H2,1-4H3,(H2,18,19). The molecule has 7 heteroatoms. The Hall–Kier alpha value is -1.08. The summed E-state index contributed by atoms with van der Waals surface area (Å²) in [7, 11) is -0.473. The number of nitrogens with zero attached hydrogens (tertiary/aromatic N) is 1. The molecule has 0 bridgehead atoms. The highest BCUT2D eigenvalue weighted by Crippen LogP contribution is 2.36. The molecule has 1 heterocycles. The maximum Gasteiger partial charge on any atom is 0.494 e. The highest BCUT2D eigenvalue weighted by Gasteiger charge is 2.51. The molecule has 3 N–H and O–H groups in total. The average Bonchev–Trinajstić information content (AvgIpc) is 2.67. The van der Waals surface area contributed by atoms with Gasteiger partial charge in [-0.05, 0) is 39.2 Å². The van der Waals surface area contributed by atoms with Gasteiger partial charge in [0.1, 0.15) is 5.84 Å². The zero-order valence-corrected chi connectivity index (χ0v) is 14.1. The fourth-order valence-electron chi connectivity index (χ4n) is 2.15. The monoisotopic (exact) mass is 324 g/mol. The van der Waals surface area contributed by atoms with Gasteiger partial charge in [-0.25, -0.2) is 4.99 Å². The second kappa shape index (κ2) is 6.20. The van der Waals surface area contributed by atoms with Gasteiger partial charge < -0.3 is 20.1 Å². The summed E-state index contributed by atoms with van der Waals surface area (Å²) < 4.78 is 12.0. The van der Waals surface area contributed by atoms with Crippen molar-refractivity contribution >= 4 is 35.7 Å². The first-order valence-corrected chi connectivity index (χ1v) is 7.72. The van der Waals surface area contributed by atoms with Gasteiger partial charge in [0.15, 0.2) is 0 Å². The van der Waals surface area contributed by atoms with Crippen LogP contribution in [-0.2, 0) is 15.9 Å². The van der Waals surface area contributed by atoms with Crippen LogP contribution in [0.1, 0.15) is 33.3 Å². The molecule has 1 aromatic carbocycles. The third-order valence-corrected chi connectivity index (χ3v) is 4.47. The Morgan fingerprint density at radius 3 is 2.36 bits per heavy atom. The Balaban J connectivity index is 2.32. The normalized spacial score (nSPS) is 20.5. The second-order valence-electron chi connectivity index (χ2n) is 6.37. The number of alkyl halides is 1. The van der Waals surface area contributed by atoms with Gasteiger partial charge in [0, 0.05) is 5.56 Å². The van der Waals surface area contributed by atoms with Crippen molar-refractivity contribution in [2.75, 3.05) is 5.88 Å². The Kier molecular flexibility index (Phi) is 4.87. The molecule has 0 aromatic heterocycles. The molecule has 1 fully saturated rings. The first-order valence-electron chi connectivity index (χ1n) is 7.18. The molecule has 0 atom stereocenters. The molecule has 0 unspecified atom stereocenters. The van der Waals surface area contributed by atoms with Crippen molar-refractivity contribution in [2.45, 2.75) is 45.5 Å². The summed E-state index contributed by atoms with van der Waals surface area (Å²) >= 11 is 5.64. The van der Waals surface area contributed by atoms with Crippen molar-refractivity contribution in [3.05, 3.63) is 23.8 Å². The summed E-state index contributed by atoms with van der Waals surface area (Å²) in [6.07, 6.45) is 0. The largest absolute Gasteiger partial charge is 0.494 e. The van der Waals surface area contributed by atoms with Crippen LogP contribution < -0.4 is 11.2 Å². The van der Waals surface area contributed by atoms with Gasteiger partial charge >= 0.3 is 7.12 Å². The summed E-state index contributed by atoms with van der Waals surface area (Å²) in [4.78, 5) is 4.19. The zero-order chi connectivity index (χ0) is 16.5. The number of halogens is 1. The third-order valence-electron chi connectivity index (χ3n) is 4.20. The molecule has 0 amide bonds. The fourth-order valence-corrected chi connectivity index (χ4v) is 2.21. The van der Waals surface area contributed by atoms with Crippen LogP contribution in [0.4, 0.5) is 5.69 Å². The minimum atomic E-state index is -0.473. The molecule has 1 saturated heterocycles. The van der Waals surface area contributed by atoms with E-state index in [1.165, 1.54) is 0 Å². The van der Waals surface area contributed by atoms with Crippen LogP contribution in [0.3, 0.4) is 0 Å². The van der Waals surface area contributed by atoms with Gasteiger partial charge in [-0.15, -0.1) is 11.6 Å². The Morgan fingerprint density at radius 2 is 1.86 bits per heavy atom. The van der Waals surface area contributed by atoms with E-state index in [0.29, 0.717) is 17.1 Å². The van der Waals surface area contributed by atoms with Crippen molar-refractivity contribution < 1.29 is 14.4 Å². The van der Waals surface area contributed by atoms with Crippen molar-refractivity contribution in [1.29, 1.82) is 0 Å². The maximum absolute atomic E-state index is 9.55. The number of hydrogen-bond acceptors (Lipinski definition) is 4. The third kappa shape index (κ3) is 3.30. The van der Waals surface area contributed by atoms with Crippen molar-refractivity contribution in [3.8, 4) is 0 Å². The number of aliphatic imine (C=N–C) groups is 1. The maximum atomic E-state index is 9.55. The van der Waals surface area contributed by atoms with Crippen LogP contribution in [-0.4, -0.2) is 35.1 Å². The first kappa shape index (κ1) is 17.3. The number of aliphatic hydroxyl groups excluding tert-OH is 1. The summed E-state index contributed by atoms with van der Waals surface area (Å²) in [5.74, 6) is 0.448. The van der Waals surface area contributed by atoms with E-state index in [4.69, 9.17) is 26.6 Å². The Labute approximate surface area is 136 Å². The molecule has 2 rings (SSSR count). The second-order valence-corrected chi connectivity index (χ2v) is 6.64. The summed E-state index contributed by atoms with van der Waals surface area (Å²) in [6, 6.07) is 5.47. The van der Waals surface area contributed by atoms with Crippen LogP contribution in [0.2, 0.25) is 0 Å². The predicted octanol–water partition coefficient (Wildman–Crippen LogP) is 1.71. The van der Waals surface area contributed by atoms with E-state index in [9.17, 15) is 5.11 Å². The van der Waals surface area contributed by atoms with E-state index in [0.717, 1.165) is 5.46 Å². The van der Waals surface area contributed by atoms with Crippen LogP contribution in [0.25, 0.3) is 0 Å². The molecule has 0 saturated carbocycles. The lowest BCUT2D eigenvalue weighted by Crippen LogP contribution is -2.41. The average molecular weight is 325 g/mol. The van der Waals surface area contributed by atoms with Gasteiger partial charge in [0.2, 0.25) is 0 Å². The van der Waals surface area contributed by atoms with Crippen LogP contribution in [0.5, 0.6) is 0 Å². The Bertz CT molecular complexity index is 574. The lowest BCUT2D eigenvalue weighted by molar-refractivity contribution is 0.00578. The van der Waals surface area contributed by atoms with Gasteiger partial charge in [-0.2, -0.15) is 0 Å². The van der Waals surface area contributed by atoms with Gasteiger partial charge in [-0.1, -0.05) is 12.1 Å². The summed E-state index contributed by atoms with van der Waals surface area (Å²) in [6.45, 7) is 7.85. The molecule has 5 nitrogen and oxygen atoms in total. The molecular formula is C15H22BClN2O3. The number of nitrogens with two attached hydrogens (primary N) is 1. The van der Waals surface area contributed by atoms with E-state index in [1.807, 2.05) is 39.8 Å². The van der Waals surface area contributed by atoms with Gasteiger partial charge in [0.05, 0.1) is 29.4 Å². The van der Waals surface area contributed by atoms with E-state index in [1.54, 1.807) is 6.07 Å². The van der Waals surface area contributed by atoms with E-state index >= 15 is 0 Å². The topological polar surface area (TPSA) is 77.1 Å². The number of hydrogen-bond donors (Lipinski definition) is 2. The molecule has 22 heavy (non-hydrogen) atoms. The molecular weight excluding hydrogens is 302 g/mol. The Morgan fingerprint density at radius 1 is 1.27 bits per heavy atom. The van der Waals surface area contributed by atoms with Gasteiger partial charge in [0.25, 0.3) is 0 Å². The number of aliphatic hydroxyl groups is 1. The lowest BCUT2D eigenvalue weighted by atomic mass is 9.78. The van der Waals surface area contributed by atoms with Crippen molar-refractivity contribution in [3.63, 3.8) is 0 Å². The highest BCUT2D eigenvalue weighted by molar-refractivity contribution is 6.62. The van der Waals surface area contributed by atoms with E-state index in [-0.39, 0.29) is 12.5 Å². The highest BCUT2D eigenvalue weighted by atomic mass is 35.5. The number of rotatable bonds is 4. The van der Waals surface area contributed by atoms with Crippen LogP contribution in [0.15, 0.2) is 23.2 Å². The fraction of sp³-hybridized carbons (Fsp3) is 0.533. The predicted molar refractivity (Wildman–Crippen MR) is 90.1 cm³/mol. The van der Waals surface area contributed by atoms with E-state index < -0.39 is 18.3 Å². The molecule has 1 aliphatic heterocycles. The van der Waals surface area contributed by atoms with Gasteiger partial charge in [-0.3, -0.25) is 0 Å². The van der Waals surface area contributed by atoms with Crippen molar-refractivity contribution in [1.82, 2.24) is 0 Å². The minimum absolute atomic E-state index is 0.143. The minimum Gasteiger partial charge on any atom is -0.399 e. The summed E-state index contributed by atoms with van der Waals surface area (Å²) in [5, 5.41) is 9.55. The molecule has 0 aliphatic carbocycles. The van der Waals surface area contributed by atoms with Crippen molar-refractivity contribution in [2.24, 2.45) is 10.7 Å². The van der Waals surface area contributed by atoms with Crippen LogP contribution in [0, 0.1) is 0 Å². The van der Waals surface area contributed by atoms with E-state index in [2.05, 4.69) is 4.99 Å². The lowest BCUT2D eigenvalue weighted by Gasteiger charge is -2.32. The van der Waals surface area contributed by atoms with Crippen LogP contribution >= 0.6 is 11.6 Å².